The van der Waals surface area contributed by atoms with E-state index >= 15 is 0 Å². The van der Waals surface area contributed by atoms with E-state index in [2.05, 4.69) is 170 Å². The summed E-state index contributed by atoms with van der Waals surface area (Å²) < 4.78 is 0. The molecule has 78 heavy (non-hydrogen) atoms. The number of aromatic nitrogens is 4. The fraction of sp³-hybridized carbons (Fsp3) is 0.309. The van der Waals surface area contributed by atoms with Gasteiger partial charge < -0.3 is 14.9 Å². The van der Waals surface area contributed by atoms with E-state index in [9.17, 15) is 5.11 Å². The number of anilines is 2. The summed E-state index contributed by atoms with van der Waals surface area (Å²) in [6, 6.07) is 46.1. The Morgan fingerprint density at radius 1 is 0.500 bits per heavy atom. The lowest BCUT2D eigenvalue weighted by Gasteiger charge is -2.28. The first-order valence-electron chi connectivity index (χ1n) is 28.1. The van der Waals surface area contributed by atoms with Crippen LogP contribution in [-0.4, -0.2) is 53.6 Å². The first kappa shape index (κ1) is 53.6. The Balaban J connectivity index is 1.14. The summed E-state index contributed by atoms with van der Waals surface area (Å²) >= 11 is 0. The van der Waals surface area contributed by atoms with Crippen LogP contribution in [0, 0.1) is 0 Å². The second kappa shape index (κ2) is 24.3. The summed E-state index contributed by atoms with van der Waals surface area (Å²) in [6.07, 6.45) is 21.7. The van der Waals surface area contributed by atoms with Crippen LogP contribution in [0.5, 0.6) is 5.75 Å². The Morgan fingerprint density at radius 3 is 1.23 bits per heavy atom. The van der Waals surface area contributed by atoms with Gasteiger partial charge in [0.05, 0.1) is 34.2 Å². The molecule has 0 unspecified atom stereocenters. The van der Waals surface area contributed by atoms with E-state index in [-0.39, 0.29) is 16.6 Å². The number of benzene rings is 3. The summed E-state index contributed by atoms with van der Waals surface area (Å²) in [6.45, 7) is 18.9. The van der Waals surface area contributed by atoms with Crippen molar-refractivity contribution in [2.45, 2.75) is 124 Å². The SMILES string of the molecule is CCCN1C(=CC=C2CCC/C(=C\C=C3\N(CCC)c4ccccc4C3(C)C)C2=Nc2cc(CN(Cc3ccccn3)Cc3ccccn3)c(O)c(CN(Cc3ccccn3)Cc3ccccn3)c2)C(C)(C)c2ccccc21. The van der Waals surface area contributed by atoms with Crippen LogP contribution in [0.1, 0.15) is 119 Å². The predicted octanol–water partition coefficient (Wildman–Crippen LogP) is 14.7. The molecule has 4 aromatic heterocycles. The van der Waals surface area contributed by atoms with Gasteiger partial charge in [-0.2, -0.15) is 0 Å². The van der Waals surface area contributed by atoms with Crippen molar-refractivity contribution in [2.75, 3.05) is 22.9 Å². The van der Waals surface area contributed by atoms with Gasteiger partial charge in [0.1, 0.15) is 5.75 Å². The molecule has 10 heteroatoms. The van der Waals surface area contributed by atoms with E-state index in [4.69, 9.17) is 24.9 Å². The smallest absolute Gasteiger partial charge is 0.124 e. The number of rotatable bonds is 19. The molecule has 0 amide bonds. The van der Waals surface area contributed by atoms with Crippen LogP contribution in [-0.2, 0) is 50.1 Å². The second-order valence-electron chi connectivity index (χ2n) is 22.1. The Bertz CT molecular complexity index is 3030. The molecular weight excluding hydrogens is 959 g/mol. The third-order valence-electron chi connectivity index (χ3n) is 15.6. The lowest BCUT2D eigenvalue weighted by atomic mass is 9.82. The van der Waals surface area contributed by atoms with Crippen LogP contribution in [0.25, 0.3) is 0 Å². The molecule has 10 nitrogen and oxygen atoms in total. The molecule has 1 saturated carbocycles. The highest BCUT2D eigenvalue weighted by molar-refractivity contribution is 6.14. The number of aliphatic imine (C=N–C) groups is 1. The van der Waals surface area contributed by atoms with Crippen molar-refractivity contribution in [1.29, 1.82) is 0 Å². The molecule has 0 radical (unpaired) electrons. The summed E-state index contributed by atoms with van der Waals surface area (Å²) in [5.41, 5.74) is 17.0. The summed E-state index contributed by atoms with van der Waals surface area (Å²) in [5.74, 6) is 0.251. The summed E-state index contributed by atoms with van der Waals surface area (Å²) in [4.78, 5) is 34.5. The average Bonchev–Trinajstić information content (AvgIpc) is 4.07. The highest BCUT2D eigenvalue weighted by Gasteiger charge is 2.40. The van der Waals surface area contributed by atoms with Gasteiger partial charge in [0, 0.05) is 122 Å². The van der Waals surface area contributed by atoms with Gasteiger partial charge in [-0.25, -0.2) is 4.99 Å². The maximum Gasteiger partial charge on any atom is 0.124 e. The molecule has 0 bridgehead atoms. The van der Waals surface area contributed by atoms with Crippen LogP contribution in [0.2, 0.25) is 0 Å². The molecule has 3 aliphatic rings. The fourth-order valence-corrected chi connectivity index (χ4v) is 11.8. The summed E-state index contributed by atoms with van der Waals surface area (Å²) in [7, 11) is 0. The minimum atomic E-state index is -0.183. The number of phenols is 1. The number of fused-ring (bicyclic) bond motifs is 2. The number of aromatic hydroxyl groups is 1. The number of hydrogen-bond donors (Lipinski definition) is 1. The third-order valence-corrected chi connectivity index (χ3v) is 15.6. The van der Waals surface area contributed by atoms with Gasteiger partial charge in [0.2, 0.25) is 0 Å². The Morgan fingerprint density at radius 2 is 0.872 bits per heavy atom. The van der Waals surface area contributed by atoms with E-state index in [1.165, 1.54) is 45.0 Å². The van der Waals surface area contributed by atoms with Crippen LogP contribution < -0.4 is 9.80 Å². The maximum atomic E-state index is 12.8. The zero-order valence-electron chi connectivity index (χ0n) is 46.5. The standard InChI is InChI=1S/C68H75N9O/c1-7-40-76-61-30-11-9-28-59(61)67(3,4)63(76)34-32-50-22-21-23-51(33-35-64-68(5,6)60-29-10-12-31-62(60)77(64)41-8-2)65(50)73-58-42-52(44-74(46-54-24-13-17-36-69-54)47-55-25-14-18-37-70-55)66(78)53(43-58)45-75(48-56-26-15-19-38-71-56)49-57-27-16-20-39-72-57/h9-20,24-39,42-43,78H,7-8,21-23,40-41,44-49H2,1-6H3/b50-32+,51-33?,63-34+,64-35?,73-65?. The van der Waals surface area contributed by atoms with E-state index < -0.39 is 0 Å². The molecule has 3 aromatic carbocycles. The minimum Gasteiger partial charge on any atom is -0.507 e. The Labute approximate surface area is 463 Å². The average molecular weight is 1030 g/mol. The quantitative estimate of drug-likeness (QED) is 0.0849. The first-order valence-corrected chi connectivity index (χ1v) is 28.1. The second-order valence-corrected chi connectivity index (χ2v) is 22.1. The van der Waals surface area contributed by atoms with Crippen molar-refractivity contribution in [3.63, 3.8) is 0 Å². The van der Waals surface area contributed by atoms with E-state index in [0.717, 1.165) is 90.5 Å². The van der Waals surface area contributed by atoms with Crippen molar-refractivity contribution >= 4 is 22.8 Å². The summed E-state index contributed by atoms with van der Waals surface area (Å²) in [5, 5.41) is 12.8. The van der Waals surface area contributed by atoms with Gasteiger partial charge >= 0.3 is 0 Å². The van der Waals surface area contributed by atoms with Gasteiger partial charge in [0.15, 0.2) is 0 Å². The van der Waals surface area contributed by atoms with Gasteiger partial charge in [0.25, 0.3) is 0 Å². The molecule has 6 heterocycles. The van der Waals surface area contributed by atoms with Crippen molar-refractivity contribution < 1.29 is 5.11 Å². The molecule has 7 aromatic rings. The molecule has 0 saturated heterocycles. The van der Waals surface area contributed by atoms with Crippen LogP contribution in [0.3, 0.4) is 0 Å². The van der Waals surface area contributed by atoms with Crippen LogP contribution >= 0.6 is 0 Å². The monoisotopic (exact) mass is 1030 g/mol. The normalized spacial score (nSPS) is 18.3. The molecule has 10 rings (SSSR count). The van der Waals surface area contributed by atoms with Crippen molar-refractivity contribution in [3.05, 3.63) is 250 Å². The van der Waals surface area contributed by atoms with Crippen LogP contribution in [0.4, 0.5) is 17.1 Å². The number of hydrogen-bond acceptors (Lipinski definition) is 10. The van der Waals surface area contributed by atoms with Gasteiger partial charge in [-0.3, -0.25) is 29.7 Å². The highest BCUT2D eigenvalue weighted by atomic mass is 16.3. The molecule has 0 atom stereocenters. The zero-order chi connectivity index (χ0) is 54.1. The van der Waals surface area contributed by atoms with Gasteiger partial charge in [-0.1, -0.05) is 114 Å². The Hall–Kier alpha value is -7.79. The lowest BCUT2D eigenvalue weighted by molar-refractivity contribution is 0.231. The molecule has 0 spiro atoms. The number of nitrogens with zero attached hydrogens (tertiary/aromatic N) is 9. The topological polar surface area (TPSA) is 97.1 Å². The Kier molecular flexibility index (Phi) is 16.7. The van der Waals surface area contributed by atoms with Gasteiger partial charge in [-0.15, -0.1) is 0 Å². The number of phenolic OH excluding ortho intramolecular Hbond substituents is 1. The van der Waals surface area contributed by atoms with Gasteiger partial charge in [-0.05, 0) is 139 Å². The fourth-order valence-electron chi connectivity index (χ4n) is 11.8. The highest BCUT2D eigenvalue weighted by Crippen LogP contribution is 2.49. The minimum absolute atomic E-state index is 0.183. The molecule has 1 fully saturated rings. The van der Waals surface area contributed by atoms with E-state index in [1.807, 2.05) is 73.3 Å². The first-order chi connectivity index (χ1) is 38.0. The largest absolute Gasteiger partial charge is 0.507 e. The van der Waals surface area contributed by atoms with Crippen LogP contribution in [0.15, 0.2) is 210 Å². The number of allylic oxidation sites excluding steroid dienone is 8. The number of para-hydroxylation sites is 2. The number of pyridine rings is 4. The molecule has 1 N–H and O–H groups in total. The maximum absolute atomic E-state index is 12.8. The van der Waals surface area contributed by atoms with Crippen molar-refractivity contribution in [2.24, 2.45) is 4.99 Å². The third kappa shape index (κ3) is 12.0. The van der Waals surface area contributed by atoms with E-state index in [1.54, 1.807) is 0 Å². The molecule has 2 aliphatic heterocycles. The van der Waals surface area contributed by atoms with Crippen molar-refractivity contribution in [1.82, 2.24) is 29.7 Å². The molecule has 398 valence electrons. The predicted molar refractivity (Wildman–Crippen MR) is 318 cm³/mol. The lowest BCUT2D eigenvalue weighted by Crippen LogP contribution is -2.27. The van der Waals surface area contributed by atoms with E-state index in [0.29, 0.717) is 39.3 Å². The molecule has 1 aliphatic carbocycles. The molecular formula is C68H75N9O. The zero-order valence-corrected chi connectivity index (χ0v) is 46.5. The van der Waals surface area contributed by atoms with Crippen molar-refractivity contribution in [3.8, 4) is 5.75 Å².